The van der Waals surface area contributed by atoms with Gasteiger partial charge in [0.05, 0.1) is 27.8 Å². The maximum Gasteiger partial charge on any atom is 0.0722 e. The Kier molecular flexibility index (Phi) is 8.43. The van der Waals surface area contributed by atoms with Gasteiger partial charge in [0.15, 0.2) is 0 Å². The number of hydrogen-bond acceptors (Lipinski definition) is 1. The number of para-hydroxylation sites is 2. The quantitative estimate of drug-likeness (QED) is 0.157. The SMILES string of the molecule is c1ccc(-c2cc(-c3ccccc3)nc(-c3cc4c(cc3-c3ccc5c(c3)c3ccccc3n5-c3ccccc3)-c3ccccc3C4(c3ccccc3)c3ccccc3)c2)cc1. The number of aromatic nitrogens is 2. The first-order valence-electron chi connectivity index (χ1n) is 21.4. The van der Waals surface area contributed by atoms with Crippen molar-refractivity contribution in [2.45, 2.75) is 5.41 Å². The Labute approximate surface area is 361 Å². The number of fused-ring (bicyclic) bond motifs is 6. The highest BCUT2D eigenvalue weighted by atomic mass is 15.0. The third-order valence-corrected chi connectivity index (χ3v) is 12.9. The van der Waals surface area contributed by atoms with Crippen LogP contribution in [-0.4, -0.2) is 9.55 Å². The second kappa shape index (κ2) is 14.6. The molecule has 0 amide bonds. The first-order chi connectivity index (χ1) is 30.8. The zero-order valence-corrected chi connectivity index (χ0v) is 34.0. The normalized spacial score (nSPS) is 12.6. The van der Waals surface area contributed by atoms with Crippen LogP contribution in [0.25, 0.3) is 83.4 Å². The summed E-state index contributed by atoms with van der Waals surface area (Å²) in [7, 11) is 0. The zero-order chi connectivity index (χ0) is 41.0. The molecule has 0 bridgehead atoms. The lowest BCUT2D eigenvalue weighted by Crippen LogP contribution is -2.28. The highest BCUT2D eigenvalue weighted by Crippen LogP contribution is 2.58. The smallest absolute Gasteiger partial charge is 0.0722 e. The third kappa shape index (κ3) is 5.61. The van der Waals surface area contributed by atoms with E-state index in [1.54, 1.807) is 0 Å². The average Bonchev–Trinajstić information content (AvgIpc) is 3.85. The molecule has 0 N–H and O–H groups in total. The monoisotopic (exact) mass is 788 g/mol. The fraction of sp³-hybridized carbons (Fsp3) is 0.0167. The van der Waals surface area contributed by atoms with Crippen molar-refractivity contribution in [2.75, 3.05) is 0 Å². The summed E-state index contributed by atoms with van der Waals surface area (Å²) in [6.07, 6.45) is 0. The fourth-order valence-corrected chi connectivity index (χ4v) is 10.2. The molecule has 2 nitrogen and oxygen atoms in total. The first kappa shape index (κ1) is 35.8. The lowest BCUT2D eigenvalue weighted by Gasteiger charge is -2.34. The molecule has 0 saturated heterocycles. The Balaban J connectivity index is 1.20. The highest BCUT2D eigenvalue weighted by molar-refractivity contribution is 6.11. The molecule has 9 aromatic carbocycles. The summed E-state index contributed by atoms with van der Waals surface area (Å²) in [5.74, 6) is 0. The Bertz CT molecular complexity index is 3330. The maximum atomic E-state index is 5.61. The summed E-state index contributed by atoms with van der Waals surface area (Å²) >= 11 is 0. The first-order valence-corrected chi connectivity index (χ1v) is 21.4. The molecule has 2 heteroatoms. The van der Waals surface area contributed by atoms with Gasteiger partial charge in [-0.1, -0.05) is 188 Å². The van der Waals surface area contributed by atoms with Crippen molar-refractivity contribution in [3.63, 3.8) is 0 Å². The van der Waals surface area contributed by atoms with E-state index in [0.717, 1.165) is 50.5 Å². The van der Waals surface area contributed by atoms with E-state index >= 15 is 0 Å². The molecule has 0 radical (unpaired) electrons. The minimum Gasteiger partial charge on any atom is -0.309 e. The van der Waals surface area contributed by atoms with Crippen LogP contribution in [0.1, 0.15) is 22.3 Å². The van der Waals surface area contributed by atoms with E-state index in [9.17, 15) is 0 Å². The number of nitrogens with zero attached hydrogens (tertiary/aromatic N) is 2. The van der Waals surface area contributed by atoms with Crippen LogP contribution in [0.2, 0.25) is 0 Å². The van der Waals surface area contributed by atoms with Gasteiger partial charge in [-0.3, -0.25) is 0 Å². The van der Waals surface area contributed by atoms with Crippen molar-refractivity contribution in [1.82, 2.24) is 9.55 Å². The zero-order valence-electron chi connectivity index (χ0n) is 34.0. The number of benzene rings is 9. The van der Waals surface area contributed by atoms with Crippen LogP contribution in [-0.2, 0) is 5.41 Å². The fourth-order valence-electron chi connectivity index (χ4n) is 10.2. The molecule has 0 saturated carbocycles. The van der Waals surface area contributed by atoms with Gasteiger partial charge in [0.25, 0.3) is 0 Å². The van der Waals surface area contributed by atoms with Crippen LogP contribution in [0.15, 0.2) is 243 Å². The number of pyridine rings is 1. The molecular weight excluding hydrogens is 749 g/mol. The molecule has 2 heterocycles. The van der Waals surface area contributed by atoms with Gasteiger partial charge in [-0.05, 0) is 110 Å². The van der Waals surface area contributed by atoms with E-state index < -0.39 is 5.41 Å². The van der Waals surface area contributed by atoms with Crippen molar-refractivity contribution >= 4 is 21.8 Å². The van der Waals surface area contributed by atoms with E-state index in [1.807, 2.05) is 0 Å². The van der Waals surface area contributed by atoms with Gasteiger partial charge in [0, 0.05) is 27.6 Å². The Morgan fingerprint density at radius 1 is 0.306 bits per heavy atom. The molecule has 290 valence electrons. The van der Waals surface area contributed by atoms with Gasteiger partial charge in [-0.25, -0.2) is 4.98 Å². The van der Waals surface area contributed by atoms with Gasteiger partial charge in [-0.2, -0.15) is 0 Å². The van der Waals surface area contributed by atoms with E-state index in [-0.39, 0.29) is 0 Å². The van der Waals surface area contributed by atoms with Crippen LogP contribution in [0.5, 0.6) is 0 Å². The van der Waals surface area contributed by atoms with Gasteiger partial charge < -0.3 is 4.57 Å². The van der Waals surface area contributed by atoms with E-state index in [4.69, 9.17) is 4.98 Å². The second-order valence-corrected chi connectivity index (χ2v) is 16.2. The van der Waals surface area contributed by atoms with Crippen LogP contribution >= 0.6 is 0 Å². The van der Waals surface area contributed by atoms with Crippen LogP contribution in [0.3, 0.4) is 0 Å². The largest absolute Gasteiger partial charge is 0.309 e. The molecule has 0 fully saturated rings. The lowest BCUT2D eigenvalue weighted by molar-refractivity contribution is 0.769. The molecule has 1 aliphatic rings. The molecule has 0 aliphatic heterocycles. The summed E-state index contributed by atoms with van der Waals surface area (Å²) < 4.78 is 2.39. The maximum absolute atomic E-state index is 5.61. The van der Waals surface area contributed by atoms with E-state index in [2.05, 4.69) is 247 Å². The topological polar surface area (TPSA) is 17.8 Å². The standard InChI is InChI=1S/C60H40N2/c1-6-20-41(21-7-1)44-37-56(42-22-8-2-9-23-42)61-57(38-44)52-40-55-51(48-30-16-18-32-54(48)60(55,45-24-10-3-11-25-45)46-26-12-4-13-27-46)39-50(52)43-34-35-59-53(36-43)49-31-17-19-33-58(49)62(59)47-28-14-5-15-29-47/h1-40H. The molecule has 62 heavy (non-hydrogen) atoms. The summed E-state index contributed by atoms with van der Waals surface area (Å²) in [6, 6.07) is 88.4. The van der Waals surface area contributed by atoms with Gasteiger partial charge in [0.2, 0.25) is 0 Å². The Morgan fingerprint density at radius 2 is 0.871 bits per heavy atom. The summed E-state index contributed by atoms with van der Waals surface area (Å²) in [4.78, 5) is 5.61. The predicted octanol–water partition coefficient (Wildman–Crippen LogP) is 15.2. The van der Waals surface area contributed by atoms with Gasteiger partial charge >= 0.3 is 0 Å². The van der Waals surface area contributed by atoms with Crippen molar-refractivity contribution in [3.05, 3.63) is 265 Å². The summed E-state index contributed by atoms with van der Waals surface area (Å²) in [6.45, 7) is 0. The predicted molar refractivity (Wildman–Crippen MR) is 258 cm³/mol. The third-order valence-electron chi connectivity index (χ3n) is 12.9. The molecule has 2 aromatic heterocycles. The minimum atomic E-state index is -0.561. The second-order valence-electron chi connectivity index (χ2n) is 16.2. The summed E-state index contributed by atoms with van der Waals surface area (Å²) in [5.41, 5.74) is 19.1. The molecule has 12 rings (SSSR count). The van der Waals surface area contributed by atoms with Crippen molar-refractivity contribution in [3.8, 4) is 61.6 Å². The van der Waals surface area contributed by atoms with Gasteiger partial charge in [0.1, 0.15) is 0 Å². The van der Waals surface area contributed by atoms with Crippen molar-refractivity contribution in [1.29, 1.82) is 0 Å². The summed E-state index contributed by atoms with van der Waals surface area (Å²) in [5, 5.41) is 2.44. The number of rotatable bonds is 7. The van der Waals surface area contributed by atoms with Gasteiger partial charge in [-0.15, -0.1) is 0 Å². The van der Waals surface area contributed by atoms with Crippen LogP contribution in [0, 0.1) is 0 Å². The molecule has 0 unspecified atom stereocenters. The van der Waals surface area contributed by atoms with E-state index in [0.29, 0.717) is 0 Å². The van der Waals surface area contributed by atoms with Crippen LogP contribution in [0.4, 0.5) is 0 Å². The Hall–Kier alpha value is -8.07. The average molecular weight is 789 g/mol. The number of hydrogen-bond donors (Lipinski definition) is 0. The molecule has 0 atom stereocenters. The molecular formula is C60H40N2. The highest BCUT2D eigenvalue weighted by Gasteiger charge is 2.46. The van der Waals surface area contributed by atoms with Crippen molar-refractivity contribution < 1.29 is 0 Å². The van der Waals surface area contributed by atoms with Crippen molar-refractivity contribution in [2.24, 2.45) is 0 Å². The van der Waals surface area contributed by atoms with E-state index in [1.165, 1.54) is 55.2 Å². The lowest BCUT2D eigenvalue weighted by atomic mass is 9.67. The Morgan fingerprint density at radius 3 is 1.58 bits per heavy atom. The molecule has 1 aliphatic carbocycles. The molecule has 11 aromatic rings. The molecule has 0 spiro atoms. The van der Waals surface area contributed by atoms with Crippen LogP contribution < -0.4 is 0 Å². The minimum absolute atomic E-state index is 0.561.